The Morgan fingerprint density at radius 2 is 2.38 bits per heavy atom. The lowest BCUT2D eigenvalue weighted by atomic mass is 9.81. The van der Waals surface area contributed by atoms with Crippen LogP contribution in [0.25, 0.3) is 0 Å². The van der Waals surface area contributed by atoms with Crippen LogP contribution >= 0.6 is 15.9 Å². The maximum atomic E-state index is 6.08. The lowest BCUT2D eigenvalue weighted by Gasteiger charge is -2.26. The molecule has 0 aromatic heterocycles. The summed E-state index contributed by atoms with van der Waals surface area (Å²) in [6, 6.07) is 2.20. The van der Waals surface area contributed by atoms with E-state index in [4.69, 9.17) is 15.2 Å². The molecule has 0 saturated heterocycles. The van der Waals surface area contributed by atoms with E-state index in [1.807, 2.05) is 6.07 Å². The minimum Gasteiger partial charge on any atom is -0.496 e. The fourth-order valence-corrected chi connectivity index (χ4v) is 3.34. The number of hydrogen-bond donors (Lipinski definition) is 1. The predicted molar refractivity (Wildman–Crippen MR) is 65.2 cm³/mol. The molecule has 0 radical (unpaired) electrons. The SMILES string of the molecule is COc1cc(Br)c2c3c1C[C@H](N)C[C@H]3CO2. The van der Waals surface area contributed by atoms with Gasteiger partial charge in [-0.05, 0) is 34.8 Å². The van der Waals surface area contributed by atoms with E-state index in [0.29, 0.717) is 5.92 Å². The molecular weight excluding hydrogens is 270 g/mol. The van der Waals surface area contributed by atoms with Gasteiger partial charge in [0.15, 0.2) is 0 Å². The van der Waals surface area contributed by atoms with Crippen LogP contribution in [-0.4, -0.2) is 19.8 Å². The Balaban J connectivity index is 2.23. The van der Waals surface area contributed by atoms with E-state index in [1.54, 1.807) is 7.11 Å². The third-order valence-corrected chi connectivity index (χ3v) is 4.04. The highest BCUT2D eigenvalue weighted by atomic mass is 79.9. The zero-order valence-corrected chi connectivity index (χ0v) is 10.7. The number of hydrogen-bond acceptors (Lipinski definition) is 3. The van der Waals surface area contributed by atoms with Crippen molar-refractivity contribution in [2.24, 2.45) is 5.73 Å². The molecule has 1 heterocycles. The molecule has 0 amide bonds. The van der Waals surface area contributed by atoms with Gasteiger partial charge in [-0.2, -0.15) is 0 Å². The van der Waals surface area contributed by atoms with Crippen molar-refractivity contribution in [3.63, 3.8) is 0 Å². The third kappa shape index (κ3) is 1.36. The molecule has 3 nitrogen and oxygen atoms in total. The van der Waals surface area contributed by atoms with Gasteiger partial charge in [0.1, 0.15) is 11.5 Å². The molecule has 1 aliphatic heterocycles. The molecular formula is C12H14BrNO2. The fourth-order valence-electron chi connectivity index (χ4n) is 2.80. The number of nitrogens with two attached hydrogens (primary N) is 1. The van der Waals surface area contributed by atoms with Crippen LogP contribution in [0, 0.1) is 0 Å². The van der Waals surface area contributed by atoms with Crippen LogP contribution in [0.2, 0.25) is 0 Å². The average molecular weight is 284 g/mol. The maximum Gasteiger partial charge on any atom is 0.137 e. The molecule has 3 rings (SSSR count). The molecule has 0 fully saturated rings. The van der Waals surface area contributed by atoms with Gasteiger partial charge in [0.25, 0.3) is 0 Å². The van der Waals surface area contributed by atoms with Gasteiger partial charge >= 0.3 is 0 Å². The Kier molecular flexibility index (Phi) is 2.37. The molecule has 86 valence electrons. The van der Waals surface area contributed by atoms with Crippen molar-refractivity contribution in [3.8, 4) is 11.5 Å². The van der Waals surface area contributed by atoms with Crippen molar-refractivity contribution in [1.29, 1.82) is 0 Å². The first kappa shape index (κ1) is 10.4. The van der Waals surface area contributed by atoms with Gasteiger partial charge in [-0.3, -0.25) is 0 Å². The molecule has 0 unspecified atom stereocenters. The van der Waals surface area contributed by atoms with Crippen LogP contribution in [0.3, 0.4) is 0 Å². The summed E-state index contributed by atoms with van der Waals surface area (Å²) < 4.78 is 12.2. The highest BCUT2D eigenvalue weighted by Crippen LogP contribution is 2.49. The number of ether oxygens (including phenoxy) is 2. The van der Waals surface area contributed by atoms with Crippen LogP contribution in [-0.2, 0) is 6.42 Å². The second-order valence-electron chi connectivity index (χ2n) is 4.49. The Morgan fingerprint density at radius 3 is 3.12 bits per heavy atom. The topological polar surface area (TPSA) is 44.5 Å². The first-order valence-electron chi connectivity index (χ1n) is 5.48. The monoisotopic (exact) mass is 283 g/mol. The average Bonchev–Trinajstić information content (AvgIpc) is 2.67. The summed E-state index contributed by atoms with van der Waals surface area (Å²) >= 11 is 3.53. The minimum absolute atomic E-state index is 0.224. The van der Waals surface area contributed by atoms with E-state index in [2.05, 4.69) is 15.9 Å². The first-order chi connectivity index (χ1) is 7.70. The zero-order valence-electron chi connectivity index (χ0n) is 9.13. The molecule has 0 spiro atoms. The van der Waals surface area contributed by atoms with Crippen molar-refractivity contribution >= 4 is 15.9 Å². The summed E-state index contributed by atoms with van der Waals surface area (Å²) in [4.78, 5) is 0. The molecule has 0 saturated carbocycles. The van der Waals surface area contributed by atoms with E-state index < -0.39 is 0 Å². The van der Waals surface area contributed by atoms with Gasteiger partial charge in [0.2, 0.25) is 0 Å². The normalized spacial score (nSPS) is 26.2. The van der Waals surface area contributed by atoms with E-state index in [0.717, 1.165) is 35.4 Å². The van der Waals surface area contributed by atoms with Gasteiger partial charge in [-0.15, -0.1) is 0 Å². The maximum absolute atomic E-state index is 6.08. The number of benzene rings is 1. The summed E-state index contributed by atoms with van der Waals surface area (Å²) in [5.74, 6) is 2.36. The summed E-state index contributed by atoms with van der Waals surface area (Å²) in [5.41, 5.74) is 8.63. The summed E-state index contributed by atoms with van der Waals surface area (Å²) in [6.07, 6.45) is 1.90. The number of rotatable bonds is 1. The molecule has 2 aliphatic rings. The van der Waals surface area contributed by atoms with Crippen molar-refractivity contribution in [2.45, 2.75) is 24.8 Å². The van der Waals surface area contributed by atoms with Gasteiger partial charge in [0, 0.05) is 23.1 Å². The zero-order chi connectivity index (χ0) is 11.3. The third-order valence-electron chi connectivity index (χ3n) is 3.45. The lowest BCUT2D eigenvalue weighted by molar-refractivity contribution is 0.314. The first-order valence-corrected chi connectivity index (χ1v) is 6.27. The summed E-state index contributed by atoms with van der Waals surface area (Å²) in [5, 5.41) is 0. The standard InChI is InChI=1S/C12H14BrNO2/c1-15-10-4-9(13)12-11-6(5-16-12)2-7(14)3-8(10)11/h4,6-7H,2-3,5,14H2,1H3/t6-,7+/m0/s1. The van der Waals surface area contributed by atoms with Gasteiger partial charge < -0.3 is 15.2 Å². The van der Waals surface area contributed by atoms with Crippen LogP contribution < -0.4 is 15.2 Å². The Hall–Kier alpha value is -0.740. The smallest absolute Gasteiger partial charge is 0.137 e. The molecule has 1 aromatic carbocycles. The van der Waals surface area contributed by atoms with Crippen LogP contribution in [0.15, 0.2) is 10.5 Å². The number of halogens is 1. The van der Waals surface area contributed by atoms with Gasteiger partial charge in [-0.1, -0.05) is 0 Å². The van der Waals surface area contributed by atoms with Crippen molar-refractivity contribution in [1.82, 2.24) is 0 Å². The van der Waals surface area contributed by atoms with E-state index in [1.165, 1.54) is 11.1 Å². The Morgan fingerprint density at radius 1 is 1.56 bits per heavy atom. The van der Waals surface area contributed by atoms with E-state index in [9.17, 15) is 0 Å². The second kappa shape index (κ2) is 3.64. The molecule has 4 heteroatoms. The van der Waals surface area contributed by atoms with Crippen molar-refractivity contribution in [2.75, 3.05) is 13.7 Å². The summed E-state index contributed by atoms with van der Waals surface area (Å²) in [7, 11) is 1.70. The van der Waals surface area contributed by atoms with Crippen molar-refractivity contribution < 1.29 is 9.47 Å². The summed E-state index contributed by atoms with van der Waals surface area (Å²) in [6.45, 7) is 0.752. The predicted octanol–water partition coefficient (Wildman–Crippen LogP) is 2.21. The molecule has 1 aliphatic carbocycles. The molecule has 2 atom stereocenters. The fraction of sp³-hybridized carbons (Fsp3) is 0.500. The second-order valence-corrected chi connectivity index (χ2v) is 5.34. The van der Waals surface area contributed by atoms with E-state index in [-0.39, 0.29) is 6.04 Å². The van der Waals surface area contributed by atoms with Crippen molar-refractivity contribution in [3.05, 3.63) is 21.7 Å². The largest absolute Gasteiger partial charge is 0.496 e. The van der Waals surface area contributed by atoms with Crippen LogP contribution in [0.5, 0.6) is 11.5 Å². The molecule has 0 bridgehead atoms. The minimum atomic E-state index is 0.224. The lowest BCUT2D eigenvalue weighted by Crippen LogP contribution is -2.30. The number of methoxy groups -OCH3 is 1. The van der Waals surface area contributed by atoms with Crippen LogP contribution in [0.4, 0.5) is 0 Å². The highest BCUT2D eigenvalue weighted by Gasteiger charge is 2.36. The Labute approximate surface area is 103 Å². The molecule has 16 heavy (non-hydrogen) atoms. The molecule has 1 aromatic rings. The van der Waals surface area contributed by atoms with E-state index >= 15 is 0 Å². The quantitative estimate of drug-likeness (QED) is 0.860. The Bertz CT molecular complexity index is 447. The van der Waals surface area contributed by atoms with Crippen LogP contribution in [0.1, 0.15) is 23.5 Å². The van der Waals surface area contributed by atoms with Gasteiger partial charge in [-0.25, -0.2) is 0 Å². The highest BCUT2D eigenvalue weighted by molar-refractivity contribution is 9.10. The molecule has 2 N–H and O–H groups in total. The van der Waals surface area contributed by atoms with Gasteiger partial charge in [0.05, 0.1) is 18.2 Å².